The summed E-state index contributed by atoms with van der Waals surface area (Å²) in [5.41, 5.74) is 2.34. The summed E-state index contributed by atoms with van der Waals surface area (Å²) in [5.74, 6) is -0.388. The standard InChI is InChI=1S/C24H29N5O3/c1-7-9-16(8-2)17-10-12-18(13-11-17)26-22(30)19(15(3)4)29-14-25-21-20(29)23(31)28(6)24(32)27(21)5/h7-15,19H,1-6H3,(H,26,30)/b9-7-,16-8+. The van der Waals surface area contributed by atoms with Gasteiger partial charge < -0.3 is 9.88 Å². The number of anilines is 1. The van der Waals surface area contributed by atoms with Gasteiger partial charge in [-0.1, -0.05) is 44.2 Å². The Morgan fingerprint density at radius 1 is 1.06 bits per heavy atom. The van der Waals surface area contributed by atoms with Crippen LogP contribution in [-0.2, 0) is 18.9 Å². The molecule has 0 aliphatic heterocycles. The fraction of sp³-hybridized carbons (Fsp3) is 0.333. The molecule has 1 aromatic carbocycles. The number of benzene rings is 1. The highest BCUT2D eigenvalue weighted by molar-refractivity contribution is 5.95. The van der Waals surface area contributed by atoms with E-state index in [1.807, 2.05) is 70.2 Å². The first-order chi connectivity index (χ1) is 15.2. The number of imidazole rings is 1. The fourth-order valence-corrected chi connectivity index (χ4v) is 3.83. The molecule has 8 heteroatoms. The topological polar surface area (TPSA) is 90.9 Å². The average Bonchev–Trinajstić information content (AvgIpc) is 3.19. The quantitative estimate of drug-likeness (QED) is 0.602. The number of rotatable bonds is 6. The number of hydrogen-bond acceptors (Lipinski definition) is 4. The van der Waals surface area contributed by atoms with Crippen molar-refractivity contribution in [3.8, 4) is 0 Å². The minimum atomic E-state index is -0.681. The van der Waals surface area contributed by atoms with Crippen LogP contribution in [0.3, 0.4) is 0 Å². The van der Waals surface area contributed by atoms with Gasteiger partial charge in [0.15, 0.2) is 11.2 Å². The normalized spacial score (nSPS) is 13.3. The summed E-state index contributed by atoms with van der Waals surface area (Å²) in [6, 6.07) is 6.93. The van der Waals surface area contributed by atoms with Crippen LogP contribution in [-0.4, -0.2) is 24.6 Å². The number of aromatic nitrogens is 4. The minimum absolute atomic E-state index is 0.127. The van der Waals surface area contributed by atoms with Crippen LogP contribution in [0.4, 0.5) is 5.69 Å². The third-order valence-electron chi connectivity index (χ3n) is 5.52. The van der Waals surface area contributed by atoms with Crippen molar-refractivity contribution >= 4 is 28.3 Å². The summed E-state index contributed by atoms with van der Waals surface area (Å²) < 4.78 is 3.90. The van der Waals surface area contributed by atoms with E-state index in [1.165, 1.54) is 17.9 Å². The van der Waals surface area contributed by atoms with Gasteiger partial charge in [-0.2, -0.15) is 0 Å². The molecule has 168 valence electrons. The number of fused-ring (bicyclic) bond motifs is 1. The zero-order chi connectivity index (χ0) is 23.6. The van der Waals surface area contributed by atoms with Crippen molar-refractivity contribution in [2.24, 2.45) is 20.0 Å². The highest BCUT2D eigenvalue weighted by Crippen LogP contribution is 2.24. The van der Waals surface area contributed by atoms with E-state index < -0.39 is 17.3 Å². The molecule has 32 heavy (non-hydrogen) atoms. The number of amides is 1. The maximum absolute atomic E-state index is 13.3. The number of carbonyl (C=O) groups is 1. The Labute approximate surface area is 186 Å². The van der Waals surface area contributed by atoms with Gasteiger partial charge in [0.25, 0.3) is 5.56 Å². The molecule has 3 rings (SSSR count). The summed E-state index contributed by atoms with van der Waals surface area (Å²) in [7, 11) is 2.97. The van der Waals surface area contributed by atoms with Gasteiger partial charge >= 0.3 is 5.69 Å². The van der Waals surface area contributed by atoms with E-state index in [1.54, 1.807) is 11.6 Å². The van der Waals surface area contributed by atoms with Crippen LogP contribution in [0.5, 0.6) is 0 Å². The Balaban J connectivity index is 1.98. The first-order valence-corrected chi connectivity index (χ1v) is 10.5. The maximum atomic E-state index is 13.3. The van der Waals surface area contributed by atoms with Crippen LogP contribution >= 0.6 is 0 Å². The monoisotopic (exact) mass is 435 g/mol. The molecule has 0 radical (unpaired) electrons. The summed E-state index contributed by atoms with van der Waals surface area (Å²) in [5, 5.41) is 2.95. The number of carbonyl (C=O) groups excluding carboxylic acids is 1. The van der Waals surface area contributed by atoms with E-state index in [0.29, 0.717) is 5.69 Å². The lowest BCUT2D eigenvalue weighted by molar-refractivity contribution is -0.120. The Hall–Kier alpha value is -3.68. The Morgan fingerprint density at radius 2 is 1.72 bits per heavy atom. The van der Waals surface area contributed by atoms with Crippen LogP contribution in [0.2, 0.25) is 0 Å². The van der Waals surface area contributed by atoms with E-state index in [4.69, 9.17) is 0 Å². The summed E-state index contributed by atoms with van der Waals surface area (Å²) in [6.07, 6.45) is 7.49. The Bertz CT molecular complexity index is 1320. The van der Waals surface area contributed by atoms with E-state index >= 15 is 0 Å². The molecule has 0 aliphatic carbocycles. The van der Waals surface area contributed by atoms with Gasteiger partial charge in [0.1, 0.15) is 6.04 Å². The van der Waals surface area contributed by atoms with Crippen molar-refractivity contribution < 1.29 is 4.79 Å². The number of nitrogens with zero attached hydrogens (tertiary/aromatic N) is 4. The zero-order valence-corrected chi connectivity index (χ0v) is 19.3. The van der Waals surface area contributed by atoms with Gasteiger partial charge in [-0.15, -0.1) is 0 Å². The average molecular weight is 436 g/mol. The lowest BCUT2D eigenvalue weighted by atomic mass is 10.0. The lowest BCUT2D eigenvalue weighted by Crippen LogP contribution is -2.39. The Kier molecular flexibility index (Phi) is 6.62. The minimum Gasteiger partial charge on any atom is -0.324 e. The van der Waals surface area contributed by atoms with E-state index in [9.17, 15) is 14.4 Å². The first-order valence-electron chi connectivity index (χ1n) is 10.5. The molecule has 1 N–H and O–H groups in total. The number of allylic oxidation sites excluding steroid dienone is 4. The molecule has 3 aromatic rings. The predicted molar refractivity (Wildman–Crippen MR) is 128 cm³/mol. The molecule has 8 nitrogen and oxygen atoms in total. The third kappa shape index (κ3) is 4.08. The van der Waals surface area contributed by atoms with E-state index in [-0.39, 0.29) is 23.0 Å². The van der Waals surface area contributed by atoms with Crippen molar-refractivity contribution in [1.29, 1.82) is 0 Å². The molecule has 1 atom stereocenters. The van der Waals surface area contributed by atoms with Crippen LogP contribution in [0.25, 0.3) is 16.7 Å². The second-order valence-corrected chi connectivity index (χ2v) is 8.03. The zero-order valence-electron chi connectivity index (χ0n) is 19.3. The van der Waals surface area contributed by atoms with Crippen LogP contribution < -0.4 is 16.6 Å². The molecular formula is C24H29N5O3. The van der Waals surface area contributed by atoms with Crippen LogP contribution in [0.15, 0.2) is 58.4 Å². The van der Waals surface area contributed by atoms with Crippen LogP contribution in [0.1, 0.15) is 39.3 Å². The van der Waals surface area contributed by atoms with Crippen molar-refractivity contribution in [1.82, 2.24) is 18.7 Å². The van der Waals surface area contributed by atoms with Gasteiger partial charge in [-0.05, 0) is 43.0 Å². The predicted octanol–water partition coefficient (Wildman–Crippen LogP) is 3.25. The first kappa shape index (κ1) is 23.0. The Morgan fingerprint density at radius 3 is 2.28 bits per heavy atom. The third-order valence-corrected chi connectivity index (χ3v) is 5.52. The van der Waals surface area contributed by atoms with Gasteiger partial charge in [0.2, 0.25) is 5.91 Å². The smallest absolute Gasteiger partial charge is 0.324 e. The van der Waals surface area contributed by atoms with Gasteiger partial charge in [-0.25, -0.2) is 9.78 Å². The van der Waals surface area contributed by atoms with Crippen molar-refractivity contribution in [2.75, 3.05) is 5.32 Å². The molecule has 0 spiro atoms. The van der Waals surface area contributed by atoms with Crippen LogP contribution in [0, 0.1) is 5.92 Å². The van der Waals surface area contributed by atoms with Gasteiger partial charge in [-0.3, -0.25) is 18.7 Å². The largest absolute Gasteiger partial charge is 0.332 e. The SMILES string of the molecule is C/C=C\C(=C/C)c1ccc(NC(=O)C(C(C)C)n2cnc3c2c(=O)n(C)c(=O)n3C)cc1. The maximum Gasteiger partial charge on any atom is 0.332 e. The summed E-state index contributed by atoms with van der Waals surface area (Å²) in [4.78, 5) is 42.6. The molecule has 2 aromatic heterocycles. The molecule has 0 aliphatic rings. The lowest BCUT2D eigenvalue weighted by Gasteiger charge is -2.22. The molecule has 0 saturated carbocycles. The summed E-state index contributed by atoms with van der Waals surface area (Å²) >= 11 is 0. The second-order valence-electron chi connectivity index (χ2n) is 8.03. The molecule has 0 fully saturated rings. The molecule has 1 amide bonds. The van der Waals surface area contributed by atoms with E-state index in [2.05, 4.69) is 10.3 Å². The van der Waals surface area contributed by atoms with E-state index in [0.717, 1.165) is 15.7 Å². The highest BCUT2D eigenvalue weighted by atomic mass is 16.2. The van der Waals surface area contributed by atoms with Crippen molar-refractivity contribution in [3.63, 3.8) is 0 Å². The van der Waals surface area contributed by atoms with Crippen molar-refractivity contribution in [3.05, 3.63) is 75.2 Å². The van der Waals surface area contributed by atoms with Crippen molar-refractivity contribution in [2.45, 2.75) is 33.7 Å². The molecule has 2 heterocycles. The molecule has 0 bridgehead atoms. The molecular weight excluding hydrogens is 406 g/mol. The highest BCUT2D eigenvalue weighted by Gasteiger charge is 2.28. The number of aryl methyl sites for hydroxylation is 1. The second kappa shape index (κ2) is 9.21. The van der Waals surface area contributed by atoms with Gasteiger partial charge in [0, 0.05) is 19.8 Å². The number of nitrogens with one attached hydrogen (secondary N) is 1. The van der Waals surface area contributed by atoms with Gasteiger partial charge in [0.05, 0.1) is 6.33 Å². The summed E-state index contributed by atoms with van der Waals surface area (Å²) in [6.45, 7) is 7.75. The molecule has 1 unspecified atom stereocenters. The fourth-order valence-electron chi connectivity index (χ4n) is 3.83. The number of hydrogen-bond donors (Lipinski definition) is 1. The molecule has 0 saturated heterocycles.